The normalized spacial score (nSPS) is 18.7. The highest BCUT2D eigenvalue weighted by Gasteiger charge is 2.40. The summed E-state index contributed by atoms with van der Waals surface area (Å²) in [5.41, 5.74) is 0.285. The van der Waals surface area contributed by atoms with Gasteiger partial charge in [-0.15, -0.1) is 0 Å². The molecule has 1 amide bonds. The van der Waals surface area contributed by atoms with Crippen molar-refractivity contribution >= 4 is 17.4 Å². The number of nitrogens with zero attached hydrogens (tertiary/aromatic N) is 3. The first-order chi connectivity index (χ1) is 13.0. The first kappa shape index (κ1) is 17.7. The molecule has 2 aliphatic heterocycles. The van der Waals surface area contributed by atoms with Crippen molar-refractivity contribution in [3.05, 3.63) is 47.9 Å². The lowest BCUT2D eigenvalue weighted by molar-refractivity contribution is -0.169. The van der Waals surface area contributed by atoms with Crippen LogP contribution in [0.5, 0.6) is 0 Å². The van der Waals surface area contributed by atoms with E-state index < -0.39 is 23.3 Å². The molecule has 1 aromatic carbocycles. The van der Waals surface area contributed by atoms with E-state index in [9.17, 15) is 13.6 Å². The molecule has 3 heterocycles. The lowest BCUT2D eigenvalue weighted by Gasteiger charge is -2.38. The number of aromatic nitrogens is 2. The summed E-state index contributed by atoms with van der Waals surface area (Å²) >= 11 is 0. The standard InChI is InChI=1S/C18H18F2N4O3/c19-13-2-1-12(9-14(13)20)23-17(25)15-10-16(22-11-21-15)24-5-3-18(4-6-24)26-7-8-27-18/h1-2,9-11H,3-8H2,(H,23,25). The molecule has 2 aromatic rings. The molecule has 2 aliphatic rings. The first-order valence-corrected chi connectivity index (χ1v) is 8.66. The fraction of sp³-hybridized carbons (Fsp3) is 0.389. The van der Waals surface area contributed by atoms with Gasteiger partial charge in [0.1, 0.15) is 17.8 Å². The van der Waals surface area contributed by atoms with Gasteiger partial charge < -0.3 is 19.7 Å². The molecule has 0 saturated carbocycles. The van der Waals surface area contributed by atoms with Gasteiger partial charge >= 0.3 is 0 Å². The number of hydrogen-bond donors (Lipinski definition) is 1. The number of benzene rings is 1. The Kier molecular flexibility index (Phi) is 4.71. The highest BCUT2D eigenvalue weighted by molar-refractivity contribution is 6.03. The third-order valence-electron chi connectivity index (χ3n) is 4.73. The number of anilines is 2. The van der Waals surface area contributed by atoms with Gasteiger partial charge in [-0.2, -0.15) is 0 Å². The molecule has 1 N–H and O–H groups in total. The van der Waals surface area contributed by atoms with Crippen LogP contribution in [0.3, 0.4) is 0 Å². The Bertz CT molecular complexity index is 848. The zero-order valence-corrected chi connectivity index (χ0v) is 14.5. The van der Waals surface area contributed by atoms with E-state index in [1.54, 1.807) is 6.07 Å². The third kappa shape index (κ3) is 3.74. The quantitative estimate of drug-likeness (QED) is 0.886. The number of halogens is 2. The number of amides is 1. The van der Waals surface area contributed by atoms with Crippen molar-refractivity contribution in [2.75, 3.05) is 36.5 Å². The third-order valence-corrected chi connectivity index (χ3v) is 4.73. The van der Waals surface area contributed by atoms with E-state index in [-0.39, 0.29) is 11.4 Å². The Hall–Kier alpha value is -2.65. The van der Waals surface area contributed by atoms with Crippen LogP contribution >= 0.6 is 0 Å². The van der Waals surface area contributed by atoms with Crippen molar-refractivity contribution in [2.24, 2.45) is 0 Å². The van der Waals surface area contributed by atoms with Gasteiger partial charge in [0.15, 0.2) is 17.4 Å². The van der Waals surface area contributed by atoms with Crippen LogP contribution in [0.2, 0.25) is 0 Å². The van der Waals surface area contributed by atoms with E-state index in [1.807, 2.05) is 4.90 Å². The van der Waals surface area contributed by atoms with Crippen LogP contribution in [0.4, 0.5) is 20.3 Å². The van der Waals surface area contributed by atoms with Crippen molar-refractivity contribution < 1.29 is 23.0 Å². The van der Waals surface area contributed by atoms with Gasteiger partial charge in [0.25, 0.3) is 5.91 Å². The molecule has 2 saturated heterocycles. The van der Waals surface area contributed by atoms with Crippen molar-refractivity contribution in [3.8, 4) is 0 Å². The Labute approximate surface area is 154 Å². The summed E-state index contributed by atoms with van der Waals surface area (Å²) in [4.78, 5) is 22.6. The van der Waals surface area contributed by atoms with Crippen LogP contribution in [0.1, 0.15) is 23.3 Å². The number of rotatable bonds is 3. The molecule has 27 heavy (non-hydrogen) atoms. The van der Waals surface area contributed by atoms with Crippen LogP contribution in [0.25, 0.3) is 0 Å². The Balaban J connectivity index is 1.44. The Morgan fingerprint density at radius 1 is 1.07 bits per heavy atom. The SMILES string of the molecule is O=C(Nc1ccc(F)c(F)c1)c1cc(N2CCC3(CC2)OCCO3)ncn1. The van der Waals surface area contributed by atoms with E-state index in [4.69, 9.17) is 9.47 Å². The van der Waals surface area contributed by atoms with Gasteiger partial charge in [0.05, 0.1) is 13.2 Å². The maximum atomic E-state index is 13.3. The van der Waals surface area contributed by atoms with Crippen LogP contribution < -0.4 is 10.2 Å². The molecular formula is C18H18F2N4O3. The highest BCUT2D eigenvalue weighted by Crippen LogP contribution is 2.32. The molecular weight excluding hydrogens is 358 g/mol. The summed E-state index contributed by atoms with van der Waals surface area (Å²) in [5, 5.41) is 2.50. The minimum atomic E-state index is -1.03. The topological polar surface area (TPSA) is 76.6 Å². The maximum absolute atomic E-state index is 13.3. The molecule has 1 aromatic heterocycles. The number of ether oxygens (including phenoxy) is 2. The zero-order chi connectivity index (χ0) is 18.9. The van der Waals surface area contributed by atoms with Crippen molar-refractivity contribution in [1.82, 2.24) is 9.97 Å². The second-order valence-corrected chi connectivity index (χ2v) is 6.44. The molecule has 0 unspecified atom stereocenters. The van der Waals surface area contributed by atoms with Gasteiger partial charge in [0.2, 0.25) is 0 Å². The smallest absolute Gasteiger partial charge is 0.274 e. The fourth-order valence-corrected chi connectivity index (χ4v) is 3.28. The lowest BCUT2D eigenvalue weighted by Crippen LogP contribution is -2.45. The highest BCUT2D eigenvalue weighted by atomic mass is 19.2. The summed E-state index contributed by atoms with van der Waals surface area (Å²) in [6.07, 6.45) is 2.74. The Morgan fingerprint density at radius 2 is 1.81 bits per heavy atom. The van der Waals surface area contributed by atoms with Gasteiger partial charge in [-0.25, -0.2) is 18.7 Å². The van der Waals surface area contributed by atoms with Crippen molar-refractivity contribution in [2.45, 2.75) is 18.6 Å². The molecule has 2 fully saturated rings. The Morgan fingerprint density at radius 3 is 2.52 bits per heavy atom. The summed E-state index contributed by atoms with van der Waals surface area (Å²) in [7, 11) is 0. The fourth-order valence-electron chi connectivity index (χ4n) is 3.28. The summed E-state index contributed by atoms with van der Waals surface area (Å²) < 4.78 is 37.7. The average molecular weight is 376 g/mol. The molecule has 9 heteroatoms. The molecule has 0 aliphatic carbocycles. The second-order valence-electron chi connectivity index (χ2n) is 6.44. The van der Waals surface area contributed by atoms with Crippen molar-refractivity contribution in [1.29, 1.82) is 0 Å². The molecule has 142 valence electrons. The van der Waals surface area contributed by atoms with E-state index in [1.165, 1.54) is 12.4 Å². The predicted molar refractivity (Wildman–Crippen MR) is 92.4 cm³/mol. The molecule has 0 bridgehead atoms. The van der Waals surface area contributed by atoms with Gasteiger partial charge in [-0.1, -0.05) is 0 Å². The van der Waals surface area contributed by atoms with Gasteiger partial charge in [-0.3, -0.25) is 4.79 Å². The monoisotopic (exact) mass is 376 g/mol. The first-order valence-electron chi connectivity index (χ1n) is 8.66. The van der Waals surface area contributed by atoms with Crippen molar-refractivity contribution in [3.63, 3.8) is 0 Å². The second kappa shape index (κ2) is 7.16. The van der Waals surface area contributed by atoms with Crippen LogP contribution in [0.15, 0.2) is 30.6 Å². The number of nitrogens with one attached hydrogen (secondary N) is 1. The number of piperidine rings is 1. The van der Waals surface area contributed by atoms with Gasteiger partial charge in [0, 0.05) is 43.8 Å². The molecule has 4 rings (SSSR count). The van der Waals surface area contributed by atoms with E-state index in [2.05, 4.69) is 15.3 Å². The minimum absolute atomic E-state index is 0.137. The zero-order valence-electron chi connectivity index (χ0n) is 14.5. The predicted octanol–water partition coefficient (Wildman–Crippen LogP) is 2.35. The lowest BCUT2D eigenvalue weighted by atomic mass is 10.0. The van der Waals surface area contributed by atoms with Crippen LogP contribution in [-0.2, 0) is 9.47 Å². The summed E-state index contributed by atoms with van der Waals surface area (Å²) in [6.45, 7) is 2.59. The van der Waals surface area contributed by atoms with Gasteiger partial charge in [-0.05, 0) is 12.1 Å². The van der Waals surface area contributed by atoms with E-state index in [0.29, 0.717) is 45.0 Å². The molecule has 7 nitrogen and oxygen atoms in total. The van der Waals surface area contributed by atoms with Crippen LogP contribution in [-0.4, -0.2) is 48.0 Å². The number of carbonyl (C=O) groups excluding carboxylic acids is 1. The summed E-state index contributed by atoms with van der Waals surface area (Å²) in [6, 6.07) is 4.72. The average Bonchev–Trinajstić information content (AvgIpc) is 3.13. The van der Waals surface area contributed by atoms with E-state index in [0.717, 1.165) is 12.1 Å². The minimum Gasteiger partial charge on any atom is -0.356 e. The van der Waals surface area contributed by atoms with Crippen LogP contribution in [0, 0.1) is 11.6 Å². The van der Waals surface area contributed by atoms with E-state index >= 15 is 0 Å². The summed E-state index contributed by atoms with van der Waals surface area (Å²) in [5.74, 6) is -2.41. The molecule has 1 spiro atoms. The number of carbonyl (C=O) groups is 1. The largest absolute Gasteiger partial charge is 0.356 e. The number of hydrogen-bond acceptors (Lipinski definition) is 6. The maximum Gasteiger partial charge on any atom is 0.274 e. The molecule has 0 radical (unpaired) electrons. The molecule has 0 atom stereocenters.